The molecule has 1 amide bonds. The number of nitrogens with zero attached hydrogens (tertiary/aromatic N) is 4. The van der Waals surface area contributed by atoms with Crippen molar-refractivity contribution in [2.24, 2.45) is 0 Å². The number of carboxylic acids is 1. The highest BCUT2D eigenvalue weighted by molar-refractivity contribution is 5.95. The second kappa shape index (κ2) is 8.41. The number of amides is 1. The van der Waals surface area contributed by atoms with Gasteiger partial charge >= 0.3 is 12.1 Å². The molecule has 0 aliphatic rings. The SMILES string of the molecule is CCN(CCC(=O)O)C(=O)c1cnn(-c2ccc(C(F)(F)F)cn2)c1C(C)C. The molecule has 0 aliphatic carbocycles. The van der Waals surface area contributed by atoms with Gasteiger partial charge in [-0.15, -0.1) is 0 Å². The van der Waals surface area contributed by atoms with E-state index in [1.165, 1.54) is 21.8 Å². The van der Waals surface area contributed by atoms with E-state index in [9.17, 15) is 22.8 Å². The van der Waals surface area contributed by atoms with Crippen molar-refractivity contribution >= 4 is 11.9 Å². The fraction of sp³-hybridized carbons (Fsp3) is 0.444. The summed E-state index contributed by atoms with van der Waals surface area (Å²) < 4.78 is 39.6. The molecule has 0 radical (unpaired) electrons. The molecule has 2 aromatic heterocycles. The third kappa shape index (κ3) is 4.68. The first-order valence-corrected chi connectivity index (χ1v) is 8.68. The fourth-order valence-corrected chi connectivity index (χ4v) is 2.74. The van der Waals surface area contributed by atoms with Crippen molar-refractivity contribution in [1.29, 1.82) is 0 Å². The van der Waals surface area contributed by atoms with E-state index in [4.69, 9.17) is 5.11 Å². The molecule has 7 nitrogen and oxygen atoms in total. The maximum Gasteiger partial charge on any atom is 0.417 e. The van der Waals surface area contributed by atoms with Crippen LogP contribution in [0.5, 0.6) is 0 Å². The molecule has 0 bridgehead atoms. The lowest BCUT2D eigenvalue weighted by molar-refractivity contribution is -0.138. The number of carbonyl (C=O) groups is 2. The van der Waals surface area contributed by atoms with Gasteiger partial charge in [0.1, 0.15) is 0 Å². The van der Waals surface area contributed by atoms with Crippen LogP contribution < -0.4 is 0 Å². The molecule has 10 heteroatoms. The van der Waals surface area contributed by atoms with Crippen molar-refractivity contribution in [2.75, 3.05) is 13.1 Å². The fourth-order valence-electron chi connectivity index (χ4n) is 2.74. The molecular weight excluding hydrogens is 377 g/mol. The third-order valence-corrected chi connectivity index (χ3v) is 4.14. The van der Waals surface area contributed by atoms with Gasteiger partial charge in [0.15, 0.2) is 5.82 Å². The smallest absolute Gasteiger partial charge is 0.417 e. The number of aliphatic carboxylic acids is 1. The van der Waals surface area contributed by atoms with Crippen LogP contribution in [0.15, 0.2) is 24.5 Å². The van der Waals surface area contributed by atoms with Gasteiger partial charge in [-0.25, -0.2) is 9.67 Å². The minimum atomic E-state index is -4.50. The van der Waals surface area contributed by atoms with Crippen LogP contribution >= 0.6 is 0 Å². The van der Waals surface area contributed by atoms with E-state index in [1.54, 1.807) is 6.92 Å². The number of hydrogen-bond acceptors (Lipinski definition) is 4. The first kappa shape index (κ1) is 21.4. The number of aromatic nitrogens is 3. The van der Waals surface area contributed by atoms with Crippen LogP contribution in [-0.4, -0.2) is 49.7 Å². The number of pyridine rings is 1. The van der Waals surface area contributed by atoms with Crippen molar-refractivity contribution in [2.45, 2.75) is 39.3 Å². The Labute approximate surface area is 159 Å². The molecule has 0 fully saturated rings. The van der Waals surface area contributed by atoms with Crippen LogP contribution in [0.3, 0.4) is 0 Å². The summed E-state index contributed by atoms with van der Waals surface area (Å²) in [7, 11) is 0. The first-order valence-electron chi connectivity index (χ1n) is 8.68. The van der Waals surface area contributed by atoms with E-state index in [0.29, 0.717) is 18.4 Å². The highest BCUT2D eigenvalue weighted by Crippen LogP contribution is 2.29. The molecule has 0 aliphatic heterocycles. The van der Waals surface area contributed by atoms with Crippen LogP contribution in [0.1, 0.15) is 54.7 Å². The van der Waals surface area contributed by atoms with Crippen molar-refractivity contribution in [3.63, 3.8) is 0 Å². The Hall–Kier alpha value is -2.91. The predicted octanol–water partition coefficient (Wildman–Crippen LogP) is 3.35. The normalized spacial score (nSPS) is 11.7. The van der Waals surface area contributed by atoms with Gasteiger partial charge in [0.25, 0.3) is 5.91 Å². The van der Waals surface area contributed by atoms with Gasteiger partial charge in [0.2, 0.25) is 0 Å². The lowest BCUT2D eigenvalue weighted by atomic mass is 10.0. The van der Waals surface area contributed by atoms with E-state index in [-0.39, 0.29) is 36.2 Å². The lowest BCUT2D eigenvalue weighted by Gasteiger charge is -2.21. The van der Waals surface area contributed by atoms with Crippen molar-refractivity contribution < 1.29 is 27.9 Å². The van der Waals surface area contributed by atoms with E-state index in [1.807, 2.05) is 13.8 Å². The van der Waals surface area contributed by atoms with E-state index < -0.39 is 17.7 Å². The number of halogens is 3. The van der Waals surface area contributed by atoms with E-state index in [0.717, 1.165) is 6.07 Å². The number of rotatable bonds is 7. The summed E-state index contributed by atoms with van der Waals surface area (Å²) in [5.41, 5.74) is -0.119. The van der Waals surface area contributed by atoms with Gasteiger partial charge in [-0.2, -0.15) is 18.3 Å². The molecule has 0 saturated heterocycles. The molecule has 0 atom stereocenters. The van der Waals surface area contributed by atoms with Gasteiger partial charge in [-0.3, -0.25) is 9.59 Å². The summed E-state index contributed by atoms with van der Waals surface area (Å²) in [5.74, 6) is -1.42. The van der Waals surface area contributed by atoms with Crippen molar-refractivity contribution in [1.82, 2.24) is 19.7 Å². The largest absolute Gasteiger partial charge is 0.481 e. The van der Waals surface area contributed by atoms with E-state index in [2.05, 4.69) is 10.1 Å². The van der Waals surface area contributed by atoms with E-state index >= 15 is 0 Å². The Kier molecular flexibility index (Phi) is 6.42. The monoisotopic (exact) mass is 398 g/mol. The molecule has 0 unspecified atom stereocenters. The summed E-state index contributed by atoms with van der Waals surface area (Å²) in [6, 6.07) is 2.10. The molecule has 28 heavy (non-hydrogen) atoms. The lowest BCUT2D eigenvalue weighted by Crippen LogP contribution is -2.33. The molecule has 0 saturated carbocycles. The summed E-state index contributed by atoms with van der Waals surface area (Å²) >= 11 is 0. The number of alkyl halides is 3. The topological polar surface area (TPSA) is 88.3 Å². The number of carboxylic acid groups (broad SMARTS) is 1. The molecular formula is C18H21F3N4O3. The zero-order chi connectivity index (χ0) is 21.1. The summed E-state index contributed by atoms with van der Waals surface area (Å²) in [5, 5.41) is 13.0. The Morgan fingerprint density at radius 2 is 1.93 bits per heavy atom. The quantitative estimate of drug-likeness (QED) is 0.773. The maximum absolute atomic E-state index is 12.9. The number of hydrogen-bond donors (Lipinski definition) is 1. The first-order chi connectivity index (χ1) is 13.1. The molecule has 152 valence electrons. The van der Waals surface area contributed by atoms with Crippen LogP contribution in [-0.2, 0) is 11.0 Å². The van der Waals surface area contributed by atoms with Gasteiger partial charge < -0.3 is 10.0 Å². The molecule has 0 spiro atoms. The molecule has 0 aromatic carbocycles. The van der Waals surface area contributed by atoms with Crippen molar-refractivity contribution in [3.8, 4) is 5.82 Å². The van der Waals surface area contributed by atoms with Crippen LogP contribution in [0.2, 0.25) is 0 Å². The average molecular weight is 398 g/mol. The van der Waals surface area contributed by atoms with Gasteiger partial charge in [0.05, 0.1) is 29.4 Å². The average Bonchev–Trinajstić information content (AvgIpc) is 3.06. The number of carbonyl (C=O) groups excluding carboxylic acids is 1. The van der Waals surface area contributed by atoms with Gasteiger partial charge in [-0.1, -0.05) is 13.8 Å². The predicted molar refractivity (Wildman–Crippen MR) is 94.3 cm³/mol. The van der Waals surface area contributed by atoms with Gasteiger partial charge in [-0.05, 0) is 25.0 Å². The minimum absolute atomic E-state index is 0.0475. The van der Waals surface area contributed by atoms with Crippen molar-refractivity contribution in [3.05, 3.63) is 41.3 Å². The summed E-state index contributed by atoms with van der Waals surface area (Å²) in [6.45, 7) is 5.74. The van der Waals surface area contributed by atoms with Gasteiger partial charge in [0, 0.05) is 19.3 Å². The molecule has 2 aromatic rings. The highest BCUT2D eigenvalue weighted by atomic mass is 19.4. The zero-order valence-electron chi connectivity index (χ0n) is 15.7. The summed E-state index contributed by atoms with van der Waals surface area (Å²) in [4.78, 5) is 28.9. The Morgan fingerprint density at radius 1 is 1.25 bits per heavy atom. The molecule has 2 heterocycles. The standard InChI is InChI=1S/C18H21F3N4O3/c1-4-24(8-7-15(26)27)17(28)13-10-23-25(16(13)11(2)3)14-6-5-12(9-22-14)18(19,20)21/h5-6,9-11H,4,7-8H2,1-3H3,(H,26,27). The third-order valence-electron chi connectivity index (χ3n) is 4.14. The van der Waals surface area contributed by atoms with Crippen LogP contribution in [0.25, 0.3) is 5.82 Å². The van der Waals surface area contributed by atoms with Crippen LogP contribution in [0, 0.1) is 0 Å². The zero-order valence-corrected chi connectivity index (χ0v) is 15.7. The molecule has 1 N–H and O–H groups in total. The Morgan fingerprint density at radius 3 is 2.39 bits per heavy atom. The second-order valence-corrected chi connectivity index (χ2v) is 6.44. The Bertz CT molecular complexity index is 845. The highest BCUT2D eigenvalue weighted by Gasteiger charge is 2.31. The Balaban J connectivity index is 2.40. The second-order valence-electron chi connectivity index (χ2n) is 6.44. The van der Waals surface area contributed by atoms with Crippen LogP contribution in [0.4, 0.5) is 13.2 Å². The molecule has 2 rings (SSSR count). The maximum atomic E-state index is 12.9. The minimum Gasteiger partial charge on any atom is -0.481 e. The summed E-state index contributed by atoms with van der Waals surface area (Å²) in [6.07, 6.45) is -2.64.